The number of hydrogen-bond acceptors (Lipinski definition) is 6. The highest BCUT2D eigenvalue weighted by molar-refractivity contribution is 5.17. The molecule has 3 aromatic carbocycles. The molecule has 2 aliphatic heterocycles. The van der Waals surface area contributed by atoms with E-state index in [4.69, 9.17) is 23.7 Å². The average molecular weight is 449 g/mol. The molecule has 3 aromatic rings. The van der Waals surface area contributed by atoms with Crippen LogP contribution in [0.4, 0.5) is 0 Å². The summed E-state index contributed by atoms with van der Waals surface area (Å²) in [6.45, 7) is 0.984. The van der Waals surface area contributed by atoms with Crippen LogP contribution in [0.25, 0.3) is 0 Å². The fourth-order valence-electron chi connectivity index (χ4n) is 4.24. The number of aliphatic hydroxyl groups excluding tert-OH is 1. The SMILES string of the molecule is O[C@@H]1O[C@@H]2COC(c3ccccc3)O[C@H]2[C@H](OCc2ccccc2)[C@@H]1OCc1ccccc1. The number of ether oxygens (including phenoxy) is 5. The molecule has 1 N–H and O–H groups in total. The van der Waals surface area contributed by atoms with Gasteiger partial charge < -0.3 is 28.8 Å². The Labute approximate surface area is 193 Å². The smallest absolute Gasteiger partial charge is 0.184 e. The Balaban J connectivity index is 1.36. The number of fused-ring (bicyclic) bond motifs is 1. The topological polar surface area (TPSA) is 66.4 Å². The molecule has 172 valence electrons. The third-order valence-electron chi connectivity index (χ3n) is 5.94. The second-order valence-corrected chi connectivity index (χ2v) is 8.26. The minimum absolute atomic E-state index is 0.290. The van der Waals surface area contributed by atoms with Crippen LogP contribution >= 0.6 is 0 Å². The normalized spacial score (nSPS) is 29.4. The summed E-state index contributed by atoms with van der Waals surface area (Å²) in [6.07, 6.45) is -3.88. The van der Waals surface area contributed by atoms with Crippen LogP contribution in [-0.2, 0) is 36.9 Å². The maximum absolute atomic E-state index is 10.8. The van der Waals surface area contributed by atoms with Crippen molar-refractivity contribution >= 4 is 0 Å². The van der Waals surface area contributed by atoms with Gasteiger partial charge in [-0.1, -0.05) is 91.0 Å². The van der Waals surface area contributed by atoms with E-state index in [0.717, 1.165) is 16.7 Å². The highest BCUT2D eigenvalue weighted by Crippen LogP contribution is 2.36. The van der Waals surface area contributed by atoms with Crippen molar-refractivity contribution < 1.29 is 28.8 Å². The van der Waals surface area contributed by atoms with Crippen molar-refractivity contribution in [3.05, 3.63) is 108 Å². The first kappa shape index (κ1) is 22.2. The summed E-state index contributed by atoms with van der Waals surface area (Å²) >= 11 is 0. The maximum atomic E-state index is 10.8. The second-order valence-electron chi connectivity index (χ2n) is 8.26. The van der Waals surface area contributed by atoms with E-state index in [-0.39, 0.29) is 6.61 Å². The van der Waals surface area contributed by atoms with E-state index in [0.29, 0.717) is 13.2 Å². The Hall–Kier alpha value is -2.58. The van der Waals surface area contributed by atoms with Crippen molar-refractivity contribution in [1.29, 1.82) is 0 Å². The summed E-state index contributed by atoms with van der Waals surface area (Å²) in [5.74, 6) is 0. The monoisotopic (exact) mass is 448 g/mol. The fourth-order valence-corrected chi connectivity index (χ4v) is 4.24. The van der Waals surface area contributed by atoms with Gasteiger partial charge in [0.15, 0.2) is 12.6 Å². The maximum Gasteiger partial charge on any atom is 0.184 e. The van der Waals surface area contributed by atoms with E-state index in [1.54, 1.807) is 0 Å². The molecular weight excluding hydrogens is 420 g/mol. The first-order valence-corrected chi connectivity index (χ1v) is 11.2. The van der Waals surface area contributed by atoms with Crippen LogP contribution in [0.3, 0.4) is 0 Å². The van der Waals surface area contributed by atoms with Gasteiger partial charge in [-0.15, -0.1) is 0 Å². The third-order valence-corrected chi connectivity index (χ3v) is 5.94. The molecule has 0 aromatic heterocycles. The summed E-state index contributed by atoms with van der Waals surface area (Å²) < 4.78 is 30.6. The molecule has 6 nitrogen and oxygen atoms in total. The van der Waals surface area contributed by atoms with Crippen molar-refractivity contribution in [2.24, 2.45) is 0 Å². The second kappa shape index (κ2) is 10.6. The van der Waals surface area contributed by atoms with E-state index < -0.39 is 37.0 Å². The lowest BCUT2D eigenvalue weighted by atomic mass is 9.97. The van der Waals surface area contributed by atoms with Crippen molar-refractivity contribution in [1.82, 2.24) is 0 Å². The van der Waals surface area contributed by atoms with Crippen LogP contribution in [0.2, 0.25) is 0 Å². The Morgan fingerprint density at radius 1 is 0.697 bits per heavy atom. The zero-order valence-electron chi connectivity index (χ0n) is 18.2. The van der Waals surface area contributed by atoms with Gasteiger partial charge in [0.05, 0.1) is 19.8 Å². The molecule has 33 heavy (non-hydrogen) atoms. The highest BCUT2D eigenvalue weighted by atomic mass is 16.7. The first-order valence-electron chi connectivity index (χ1n) is 11.2. The quantitative estimate of drug-likeness (QED) is 0.590. The lowest BCUT2D eigenvalue weighted by molar-refractivity contribution is -0.366. The van der Waals surface area contributed by atoms with E-state index in [1.165, 1.54) is 0 Å². The average Bonchev–Trinajstić information content (AvgIpc) is 2.88. The van der Waals surface area contributed by atoms with Gasteiger partial charge in [0, 0.05) is 5.56 Å². The van der Waals surface area contributed by atoms with Crippen LogP contribution in [0.5, 0.6) is 0 Å². The molecule has 0 radical (unpaired) electrons. The van der Waals surface area contributed by atoms with Crippen LogP contribution in [0, 0.1) is 0 Å². The van der Waals surface area contributed by atoms with E-state index in [2.05, 4.69) is 0 Å². The predicted molar refractivity (Wildman–Crippen MR) is 121 cm³/mol. The highest BCUT2D eigenvalue weighted by Gasteiger charge is 2.51. The molecule has 2 heterocycles. The molecule has 5 rings (SSSR count). The molecule has 0 spiro atoms. The zero-order chi connectivity index (χ0) is 22.5. The summed E-state index contributed by atoms with van der Waals surface area (Å²) in [4.78, 5) is 0. The molecule has 0 saturated carbocycles. The molecule has 2 saturated heterocycles. The molecule has 0 aliphatic carbocycles. The molecule has 0 bridgehead atoms. The van der Waals surface area contributed by atoms with Gasteiger partial charge in [0.2, 0.25) is 0 Å². The predicted octanol–water partition coefficient (Wildman–Crippen LogP) is 3.99. The number of hydrogen-bond donors (Lipinski definition) is 1. The van der Waals surface area contributed by atoms with Crippen LogP contribution in [0.1, 0.15) is 23.0 Å². The lowest BCUT2D eigenvalue weighted by Crippen LogP contribution is -2.63. The Kier molecular flexibility index (Phi) is 7.12. The minimum Gasteiger partial charge on any atom is -0.368 e. The molecular formula is C27H28O6. The standard InChI is InChI=1S/C27H28O6/c28-26-25(30-17-20-12-6-2-7-13-20)24(29-16-19-10-4-1-5-11-19)23-22(32-26)18-31-27(33-23)21-14-8-3-9-15-21/h1-15,22-28H,16-18H2/t22-,23-,24+,25+,26-,27?/m1/s1. The zero-order valence-corrected chi connectivity index (χ0v) is 18.2. The minimum atomic E-state index is -1.16. The summed E-state index contributed by atoms with van der Waals surface area (Å²) in [6, 6.07) is 29.5. The van der Waals surface area contributed by atoms with Gasteiger partial charge >= 0.3 is 0 Å². The van der Waals surface area contributed by atoms with Gasteiger partial charge in [-0.2, -0.15) is 0 Å². The van der Waals surface area contributed by atoms with Crippen LogP contribution in [0.15, 0.2) is 91.0 Å². The van der Waals surface area contributed by atoms with Crippen molar-refractivity contribution in [2.45, 2.75) is 50.2 Å². The first-order chi connectivity index (χ1) is 16.3. The molecule has 2 fully saturated rings. The van der Waals surface area contributed by atoms with E-state index in [1.807, 2.05) is 91.0 Å². The van der Waals surface area contributed by atoms with Gasteiger partial charge in [-0.3, -0.25) is 0 Å². The molecule has 2 aliphatic rings. The molecule has 6 heteroatoms. The van der Waals surface area contributed by atoms with Crippen molar-refractivity contribution in [2.75, 3.05) is 6.61 Å². The van der Waals surface area contributed by atoms with E-state index in [9.17, 15) is 5.11 Å². The molecule has 0 amide bonds. The van der Waals surface area contributed by atoms with Crippen LogP contribution < -0.4 is 0 Å². The van der Waals surface area contributed by atoms with Gasteiger partial charge in [0.1, 0.15) is 24.4 Å². The number of benzene rings is 3. The molecule has 1 unspecified atom stereocenters. The van der Waals surface area contributed by atoms with Gasteiger partial charge in [0.25, 0.3) is 0 Å². The molecule has 6 atom stereocenters. The van der Waals surface area contributed by atoms with Crippen molar-refractivity contribution in [3.8, 4) is 0 Å². The summed E-state index contributed by atoms with van der Waals surface area (Å²) in [7, 11) is 0. The Morgan fingerprint density at radius 2 is 1.24 bits per heavy atom. The summed E-state index contributed by atoms with van der Waals surface area (Å²) in [5.41, 5.74) is 2.96. The third kappa shape index (κ3) is 5.33. The van der Waals surface area contributed by atoms with Crippen molar-refractivity contribution in [3.63, 3.8) is 0 Å². The van der Waals surface area contributed by atoms with E-state index >= 15 is 0 Å². The van der Waals surface area contributed by atoms with Gasteiger partial charge in [-0.25, -0.2) is 0 Å². The fraction of sp³-hybridized carbons (Fsp3) is 0.333. The number of rotatable bonds is 7. The van der Waals surface area contributed by atoms with Crippen LogP contribution in [-0.4, -0.2) is 42.4 Å². The lowest BCUT2D eigenvalue weighted by Gasteiger charge is -2.47. The van der Waals surface area contributed by atoms with Gasteiger partial charge in [-0.05, 0) is 11.1 Å². The number of aliphatic hydroxyl groups is 1. The Morgan fingerprint density at radius 3 is 1.85 bits per heavy atom. The summed E-state index contributed by atoms with van der Waals surface area (Å²) in [5, 5.41) is 10.8. The largest absolute Gasteiger partial charge is 0.368 e. The Bertz CT molecular complexity index is 983.